The van der Waals surface area contributed by atoms with Crippen LogP contribution in [0.3, 0.4) is 0 Å². The second-order valence-corrected chi connectivity index (χ2v) is 10.0. The fourth-order valence-corrected chi connectivity index (χ4v) is 4.63. The molecule has 0 bridgehead atoms. The molecule has 0 aliphatic rings. The normalized spacial score (nSPS) is 10.5. The van der Waals surface area contributed by atoms with Crippen LogP contribution in [0.25, 0.3) is 33.5 Å². The Balaban J connectivity index is 0.000000181. The molecular weight excluding hydrogens is 584 g/mol. The standard InChI is InChI=1S/2C17H14N4O2/c2*1-3-23-17(22)15-19-16-14(10-18)13(8-9-21(16)20-15)12-6-4-11(2)5-7-12/h2*4-9H,3H2,1-2H3. The second kappa shape index (κ2) is 13.5. The first-order valence-corrected chi connectivity index (χ1v) is 14.3. The van der Waals surface area contributed by atoms with Gasteiger partial charge in [-0.2, -0.15) is 20.5 Å². The maximum atomic E-state index is 11.8. The van der Waals surface area contributed by atoms with E-state index in [0.717, 1.165) is 33.4 Å². The molecule has 0 N–H and O–H groups in total. The van der Waals surface area contributed by atoms with Crippen molar-refractivity contribution in [2.45, 2.75) is 27.7 Å². The summed E-state index contributed by atoms with van der Waals surface area (Å²) in [5.74, 6) is -1.30. The summed E-state index contributed by atoms with van der Waals surface area (Å²) in [4.78, 5) is 31.8. The van der Waals surface area contributed by atoms with Crippen molar-refractivity contribution in [3.8, 4) is 34.4 Å². The van der Waals surface area contributed by atoms with Crippen molar-refractivity contribution in [2.75, 3.05) is 13.2 Å². The topological polar surface area (TPSA) is 161 Å². The molecule has 6 rings (SSSR count). The first-order chi connectivity index (χ1) is 22.3. The Morgan fingerprint density at radius 3 is 1.35 bits per heavy atom. The van der Waals surface area contributed by atoms with Gasteiger partial charge in [-0.15, -0.1) is 10.2 Å². The van der Waals surface area contributed by atoms with Crippen molar-refractivity contribution in [1.82, 2.24) is 29.2 Å². The molecule has 0 saturated carbocycles. The average molecular weight is 613 g/mol. The first kappa shape index (κ1) is 31.0. The molecule has 2 aromatic carbocycles. The van der Waals surface area contributed by atoms with Gasteiger partial charge in [-0.3, -0.25) is 0 Å². The summed E-state index contributed by atoms with van der Waals surface area (Å²) < 4.78 is 12.6. The summed E-state index contributed by atoms with van der Waals surface area (Å²) in [7, 11) is 0. The highest BCUT2D eigenvalue weighted by Gasteiger charge is 2.20. The number of aryl methyl sites for hydroxylation is 2. The van der Waals surface area contributed by atoms with Crippen LogP contribution < -0.4 is 0 Å². The number of nitrogens with zero attached hydrogens (tertiary/aromatic N) is 8. The third-order valence-corrected chi connectivity index (χ3v) is 6.88. The van der Waals surface area contributed by atoms with Crippen LogP contribution in [0, 0.1) is 36.5 Å². The van der Waals surface area contributed by atoms with Crippen molar-refractivity contribution < 1.29 is 19.1 Å². The molecule has 46 heavy (non-hydrogen) atoms. The summed E-state index contributed by atoms with van der Waals surface area (Å²) in [5.41, 5.74) is 7.04. The fraction of sp³-hybridized carbons (Fsp3) is 0.176. The number of benzene rings is 2. The molecule has 6 aromatic rings. The van der Waals surface area contributed by atoms with E-state index >= 15 is 0 Å². The molecule has 0 fully saturated rings. The molecule has 0 saturated heterocycles. The number of rotatable bonds is 6. The molecule has 0 amide bonds. The molecule has 0 unspecified atom stereocenters. The van der Waals surface area contributed by atoms with Gasteiger partial charge < -0.3 is 9.47 Å². The highest BCUT2D eigenvalue weighted by atomic mass is 16.5. The van der Waals surface area contributed by atoms with Crippen LogP contribution in [0.15, 0.2) is 73.1 Å². The zero-order chi connectivity index (χ0) is 32.8. The van der Waals surface area contributed by atoms with Crippen LogP contribution in [0.5, 0.6) is 0 Å². The predicted molar refractivity (Wildman–Crippen MR) is 168 cm³/mol. The van der Waals surface area contributed by atoms with Gasteiger partial charge in [-0.05, 0) is 51.0 Å². The number of pyridine rings is 2. The SMILES string of the molecule is CCOC(=O)c1nc2c(C#N)c(-c3ccc(C)cc3)ccn2n1.CCOC(=O)c1nc2c(C#N)c(-c3ccc(C)cc3)ccn2n1. The van der Waals surface area contributed by atoms with Crippen molar-refractivity contribution in [2.24, 2.45) is 0 Å². The van der Waals surface area contributed by atoms with E-state index in [0.29, 0.717) is 22.4 Å². The third kappa shape index (κ3) is 6.27. The van der Waals surface area contributed by atoms with Crippen LogP contribution in [0.4, 0.5) is 0 Å². The summed E-state index contributed by atoms with van der Waals surface area (Å²) in [6, 6.07) is 23.6. The first-order valence-electron chi connectivity index (χ1n) is 14.3. The van der Waals surface area contributed by atoms with E-state index in [-0.39, 0.29) is 24.9 Å². The third-order valence-electron chi connectivity index (χ3n) is 6.88. The molecule has 0 atom stereocenters. The van der Waals surface area contributed by atoms with Gasteiger partial charge in [0.05, 0.1) is 13.2 Å². The maximum Gasteiger partial charge on any atom is 0.378 e. The highest BCUT2D eigenvalue weighted by molar-refractivity contribution is 5.88. The van der Waals surface area contributed by atoms with Crippen molar-refractivity contribution in [3.05, 3.63) is 107 Å². The summed E-state index contributed by atoms with van der Waals surface area (Å²) in [6.07, 6.45) is 3.36. The van der Waals surface area contributed by atoms with Gasteiger partial charge >= 0.3 is 11.9 Å². The number of hydrogen-bond donors (Lipinski definition) is 0. The second-order valence-electron chi connectivity index (χ2n) is 10.0. The quantitative estimate of drug-likeness (QED) is 0.219. The van der Waals surface area contributed by atoms with E-state index in [1.165, 1.54) is 9.03 Å². The lowest BCUT2D eigenvalue weighted by atomic mass is 10.0. The zero-order valence-electron chi connectivity index (χ0n) is 25.6. The van der Waals surface area contributed by atoms with Gasteiger partial charge in [0, 0.05) is 23.5 Å². The van der Waals surface area contributed by atoms with Gasteiger partial charge in [-0.25, -0.2) is 18.6 Å². The van der Waals surface area contributed by atoms with Gasteiger partial charge in [-0.1, -0.05) is 59.7 Å². The number of carbonyl (C=O) groups is 2. The predicted octanol–water partition coefficient (Wildman–Crippen LogP) is 5.51. The molecule has 12 nitrogen and oxygen atoms in total. The highest BCUT2D eigenvalue weighted by Crippen LogP contribution is 2.27. The maximum absolute atomic E-state index is 11.8. The van der Waals surface area contributed by atoms with Gasteiger partial charge in [0.2, 0.25) is 0 Å². The summed E-state index contributed by atoms with van der Waals surface area (Å²) in [5, 5.41) is 27.2. The Labute approximate surface area is 264 Å². The van der Waals surface area contributed by atoms with Crippen LogP contribution in [-0.4, -0.2) is 54.3 Å². The number of ether oxygens (including phenoxy) is 2. The minimum atomic E-state index is -0.600. The molecule has 0 aliphatic carbocycles. The summed E-state index contributed by atoms with van der Waals surface area (Å²) >= 11 is 0. The van der Waals surface area contributed by atoms with Gasteiger partial charge in [0.25, 0.3) is 11.6 Å². The van der Waals surface area contributed by atoms with E-state index < -0.39 is 11.9 Å². The molecule has 0 spiro atoms. The number of carbonyl (C=O) groups excluding carboxylic acids is 2. The van der Waals surface area contributed by atoms with E-state index in [4.69, 9.17) is 9.47 Å². The molecule has 0 radical (unpaired) electrons. The summed E-state index contributed by atoms with van der Waals surface area (Å²) in [6.45, 7) is 7.92. The van der Waals surface area contributed by atoms with Crippen molar-refractivity contribution >= 4 is 23.2 Å². The lowest BCUT2D eigenvalue weighted by Gasteiger charge is -2.05. The zero-order valence-corrected chi connectivity index (χ0v) is 25.6. The lowest BCUT2D eigenvalue weighted by molar-refractivity contribution is 0.0503. The minimum Gasteiger partial charge on any atom is -0.460 e. The minimum absolute atomic E-state index is 0.0515. The molecular formula is C34H28N8O4. The number of esters is 2. The van der Waals surface area contributed by atoms with E-state index in [1.807, 2.05) is 62.4 Å². The number of fused-ring (bicyclic) bond motifs is 2. The van der Waals surface area contributed by atoms with Crippen molar-refractivity contribution in [3.63, 3.8) is 0 Å². The van der Waals surface area contributed by atoms with Crippen LogP contribution >= 0.6 is 0 Å². The Hall–Kier alpha value is -6.40. The monoisotopic (exact) mass is 612 g/mol. The molecule has 4 heterocycles. The van der Waals surface area contributed by atoms with Crippen LogP contribution in [0.1, 0.15) is 57.3 Å². The fourth-order valence-electron chi connectivity index (χ4n) is 4.63. The molecule has 12 heteroatoms. The number of nitriles is 2. The van der Waals surface area contributed by atoms with Crippen LogP contribution in [0.2, 0.25) is 0 Å². The number of hydrogen-bond acceptors (Lipinski definition) is 10. The Kier molecular flexibility index (Phi) is 9.10. The van der Waals surface area contributed by atoms with E-state index in [1.54, 1.807) is 38.4 Å². The van der Waals surface area contributed by atoms with Crippen molar-refractivity contribution in [1.29, 1.82) is 10.5 Å². The lowest BCUT2D eigenvalue weighted by Crippen LogP contribution is -2.06. The van der Waals surface area contributed by atoms with E-state index in [9.17, 15) is 20.1 Å². The molecule has 0 aliphatic heterocycles. The number of aromatic nitrogens is 6. The van der Waals surface area contributed by atoms with Gasteiger partial charge in [0.1, 0.15) is 23.3 Å². The Morgan fingerprint density at radius 2 is 1.02 bits per heavy atom. The molecule has 228 valence electrons. The smallest absolute Gasteiger partial charge is 0.378 e. The average Bonchev–Trinajstić information content (AvgIpc) is 3.70. The Morgan fingerprint density at radius 1 is 0.652 bits per heavy atom. The molecule has 4 aromatic heterocycles. The van der Waals surface area contributed by atoms with E-state index in [2.05, 4.69) is 32.3 Å². The Bertz CT molecular complexity index is 2000. The largest absolute Gasteiger partial charge is 0.460 e. The van der Waals surface area contributed by atoms with Gasteiger partial charge in [0.15, 0.2) is 11.3 Å². The van der Waals surface area contributed by atoms with Crippen LogP contribution in [-0.2, 0) is 9.47 Å².